The largest absolute Gasteiger partial charge is 0.466 e. The van der Waals surface area contributed by atoms with Crippen molar-refractivity contribution in [1.82, 2.24) is 5.32 Å². The molecular weight excluding hydrogens is 1080 g/mol. The number of hydrogen-bond acceptors (Lipinski definition) is 5. The molecule has 0 radical (unpaired) electrons. The lowest BCUT2D eigenvalue weighted by molar-refractivity contribution is -0.143. The summed E-state index contributed by atoms with van der Waals surface area (Å²) >= 11 is 0. The van der Waals surface area contributed by atoms with E-state index in [1.54, 1.807) is 0 Å². The molecule has 0 aromatic heterocycles. The fourth-order valence-corrected chi connectivity index (χ4v) is 13.1. The molecule has 0 aromatic carbocycles. The Balaban J connectivity index is 3.37. The lowest BCUT2D eigenvalue weighted by atomic mass is 10.0. The highest BCUT2D eigenvalue weighted by atomic mass is 16.5. The van der Waals surface area contributed by atoms with Crippen LogP contribution in [-0.4, -0.2) is 47.4 Å². The number of rotatable bonds is 77. The maximum atomic E-state index is 12.6. The van der Waals surface area contributed by atoms with Gasteiger partial charge in [0.15, 0.2) is 0 Å². The predicted molar refractivity (Wildman–Crippen MR) is 389 cm³/mol. The molecule has 0 aromatic rings. The average molecular weight is 1240 g/mol. The first-order valence-electron chi connectivity index (χ1n) is 40.6. The number of aliphatic hydroxyl groups excluding tert-OH is 2. The van der Waals surface area contributed by atoms with Crippen LogP contribution in [0.4, 0.5) is 0 Å². The summed E-state index contributed by atoms with van der Waals surface area (Å²) in [5.41, 5.74) is 0. The normalized spacial score (nSPS) is 12.5. The van der Waals surface area contributed by atoms with Crippen LogP contribution in [0, 0.1) is 0 Å². The lowest BCUT2D eigenvalue weighted by Crippen LogP contribution is -2.45. The Kier molecular flexibility index (Phi) is 76.3. The van der Waals surface area contributed by atoms with Crippen molar-refractivity contribution in [3.8, 4) is 0 Å². The van der Waals surface area contributed by atoms with Gasteiger partial charge in [-0.1, -0.05) is 417 Å². The van der Waals surface area contributed by atoms with Crippen LogP contribution in [0.3, 0.4) is 0 Å². The van der Waals surface area contributed by atoms with E-state index in [2.05, 4.69) is 43.5 Å². The van der Waals surface area contributed by atoms with Crippen molar-refractivity contribution in [1.29, 1.82) is 0 Å². The third kappa shape index (κ3) is 73.4. The minimum absolute atomic E-state index is 0.0182. The predicted octanol–water partition coefficient (Wildman–Crippen LogP) is 26.8. The molecule has 3 N–H and O–H groups in total. The third-order valence-corrected chi connectivity index (χ3v) is 19.3. The molecule has 0 rings (SSSR count). The minimum atomic E-state index is -0.664. The number of amides is 1. The van der Waals surface area contributed by atoms with Crippen molar-refractivity contribution in [2.75, 3.05) is 13.2 Å². The highest BCUT2D eigenvalue weighted by Gasteiger charge is 2.20. The van der Waals surface area contributed by atoms with Gasteiger partial charge in [-0.15, -0.1) is 0 Å². The van der Waals surface area contributed by atoms with Gasteiger partial charge in [0.2, 0.25) is 5.91 Å². The SMILES string of the molecule is CCCCCCCCCCCCCCCCCCCCCCCCCC(O)C(CO)NC(=O)CCCCCCCCCCCCCCCCCCC/C=C\C/C=C\CCCCCCCCCCCOC(=O)CCCCCCCCCCCCCCCCC. The highest BCUT2D eigenvalue weighted by molar-refractivity contribution is 5.76. The van der Waals surface area contributed by atoms with Crippen LogP contribution in [0.1, 0.15) is 463 Å². The second-order valence-corrected chi connectivity index (χ2v) is 28.1. The summed E-state index contributed by atoms with van der Waals surface area (Å²) in [6, 6.07) is -0.541. The molecule has 0 heterocycles. The van der Waals surface area contributed by atoms with E-state index in [1.165, 1.54) is 385 Å². The van der Waals surface area contributed by atoms with Gasteiger partial charge in [-0.3, -0.25) is 9.59 Å². The van der Waals surface area contributed by atoms with Crippen molar-refractivity contribution in [3.63, 3.8) is 0 Å². The Morgan fingerprint density at radius 1 is 0.318 bits per heavy atom. The molecule has 0 aliphatic carbocycles. The van der Waals surface area contributed by atoms with Crippen molar-refractivity contribution < 1.29 is 24.5 Å². The molecule has 1 amide bonds. The van der Waals surface area contributed by atoms with Gasteiger partial charge in [0.1, 0.15) is 0 Å². The Morgan fingerprint density at radius 3 is 0.864 bits per heavy atom. The van der Waals surface area contributed by atoms with E-state index in [9.17, 15) is 19.8 Å². The van der Waals surface area contributed by atoms with Crippen LogP contribution >= 0.6 is 0 Å². The quantitative estimate of drug-likeness (QED) is 0.0320. The van der Waals surface area contributed by atoms with E-state index in [1.807, 2.05) is 0 Å². The first kappa shape index (κ1) is 86.3. The summed E-state index contributed by atoms with van der Waals surface area (Å²) in [6.45, 7) is 5.01. The standard InChI is InChI=1S/C82H159NO5/c1-3-5-7-9-11-13-15-17-19-20-21-22-34-37-40-43-47-50-54-58-62-66-70-74-80(85)79(78-84)83-81(86)75-71-67-63-59-55-51-48-44-41-38-35-32-30-28-26-24-23-25-27-29-31-33-36-39-42-45-49-53-57-61-65-69-73-77-88-82(87)76-72-68-64-60-56-52-46-18-16-14-12-10-8-6-4-2/h27,29,33,36,79-80,84-85H,3-26,28,30-32,34-35,37-78H2,1-2H3,(H,83,86)/b29-27-,36-33-. The summed E-state index contributed by atoms with van der Waals surface area (Å²) in [6.07, 6.45) is 99.9. The van der Waals surface area contributed by atoms with E-state index >= 15 is 0 Å². The Bertz CT molecular complexity index is 1380. The number of nitrogens with one attached hydrogen (secondary N) is 1. The molecule has 0 saturated heterocycles. The van der Waals surface area contributed by atoms with E-state index < -0.39 is 12.1 Å². The van der Waals surface area contributed by atoms with Gasteiger partial charge in [-0.05, 0) is 57.8 Å². The van der Waals surface area contributed by atoms with Crippen LogP contribution in [0.5, 0.6) is 0 Å². The van der Waals surface area contributed by atoms with Gasteiger partial charge in [-0.25, -0.2) is 0 Å². The van der Waals surface area contributed by atoms with Crippen LogP contribution in [0.2, 0.25) is 0 Å². The molecule has 2 atom stereocenters. The molecule has 0 aliphatic rings. The van der Waals surface area contributed by atoms with Crippen LogP contribution < -0.4 is 5.32 Å². The molecule has 0 bridgehead atoms. The summed E-state index contributed by atoms with van der Waals surface area (Å²) in [4.78, 5) is 24.7. The van der Waals surface area contributed by atoms with Gasteiger partial charge in [0.05, 0.1) is 25.4 Å². The van der Waals surface area contributed by atoms with E-state index in [-0.39, 0.29) is 18.5 Å². The summed E-state index contributed by atoms with van der Waals surface area (Å²) in [5, 5.41) is 23.5. The van der Waals surface area contributed by atoms with Crippen molar-refractivity contribution in [3.05, 3.63) is 24.3 Å². The summed E-state index contributed by atoms with van der Waals surface area (Å²) < 4.78 is 5.50. The van der Waals surface area contributed by atoms with Gasteiger partial charge in [0.25, 0.3) is 0 Å². The Hall–Kier alpha value is -1.66. The summed E-state index contributed by atoms with van der Waals surface area (Å²) in [7, 11) is 0. The second-order valence-electron chi connectivity index (χ2n) is 28.1. The van der Waals surface area contributed by atoms with E-state index in [0.29, 0.717) is 25.9 Å². The maximum Gasteiger partial charge on any atom is 0.305 e. The molecule has 6 nitrogen and oxygen atoms in total. The van der Waals surface area contributed by atoms with Gasteiger partial charge < -0.3 is 20.3 Å². The molecule has 0 saturated carbocycles. The zero-order valence-electron chi connectivity index (χ0n) is 60.0. The van der Waals surface area contributed by atoms with Crippen LogP contribution in [-0.2, 0) is 14.3 Å². The number of aliphatic hydroxyl groups is 2. The van der Waals surface area contributed by atoms with E-state index in [4.69, 9.17) is 4.74 Å². The first-order chi connectivity index (χ1) is 43.5. The highest BCUT2D eigenvalue weighted by Crippen LogP contribution is 2.20. The van der Waals surface area contributed by atoms with Crippen LogP contribution in [0.25, 0.3) is 0 Å². The average Bonchev–Trinajstić information content (AvgIpc) is 3.58. The number of carbonyl (C=O) groups is 2. The number of carbonyl (C=O) groups excluding carboxylic acids is 2. The first-order valence-corrected chi connectivity index (χ1v) is 40.6. The monoisotopic (exact) mass is 1240 g/mol. The number of ether oxygens (including phenoxy) is 1. The minimum Gasteiger partial charge on any atom is -0.466 e. The number of unbranched alkanes of at least 4 members (excludes halogenated alkanes) is 62. The smallest absolute Gasteiger partial charge is 0.305 e. The van der Waals surface area contributed by atoms with Gasteiger partial charge >= 0.3 is 5.97 Å². The third-order valence-electron chi connectivity index (χ3n) is 19.3. The van der Waals surface area contributed by atoms with Crippen LogP contribution in [0.15, 0.2) is 24.3 Å². The zero-order chi connectivity index (χ0) is 63.5. The fourth-order valence-electron chi connectivity index (χ4n) is 13.1. The van der Waals surface area contributed by atoms with Crippen molar-refractivity contribution in [2.45, 2.75) is 475 Å². The second kappa shape index (κ2) is 77.8. The molecule has 0 fully saturated rings. The molecular formula is C82H159NO5. The van der Waals surface area contributed by atoms with Gasteiger partial charge in [0, 0.05) is 12.8 Å². The summed E-state index contributed by atoms with van der Waals surface area (Å²) in [5.74, 6) is -0.00913. The number of hydrogen-bond donors (Lipinski definition) is 3. The molecule has 6 heteroatoms. The van der Waals surface area contributed by atoms with Crippen molar-refractivity contribution in [2.24, 2.45) is 0 Å². The Morgan fingerprint density at radius 2 is 0.568 bits per heavy atom. The maximum absolute atomic E-state index is 12.6. The zero-order valence-corrected chi connectivity index (χ0v) is 60.0. The topological polar surface area (TPSA) is 95.9 Å². The Labute approximate surface area is 551 Å². The number of allylic oxidation sites excluding steroid dienone is 4. The molecule has 0 spiro atoms. The molecule has 522 valence electrons. The fraction of sp³-hybridized carbons (Fsp3) is 0.927. The molecule has 2 unspecified atom stereocenters. The van der Waals surface area contributed by atoms with Gasteiger partial charge in [-0.2, -0.15) is 0 Å². The van der Waals surface area contributed by atoms with E-state index in [0.717, 1.165) is 44.9 Å². The lowest BCUT2D eigenvalue weighted by Gasteiger charge is -2.22. The number of esters is 1. The molecule has 0 aliphatic heterocycles. The van der Waals surface area contributed by atoms with Crippen molar-refractivity contribution >= 4 is 11.9 Å². The molecule has 88 heavy (non-hydrogen) atoms.